The first-order valence-corrected chi connectivity index (χ1v) is 7.57. The Balaban J connectivity index is 2.46. The van der Waals surface area contributed by atoms with Crippen molar-refractivity contribution in [2.75, 3.05) is 6.61 Å². The summed E-state index contributed by atoms with van der Waals surface area (Å²) in [7, 11) is 0. The van der Waals surface area contributed by atoms with Crippen molar-refractivity contribution in [3.8, 4) is 5.75 Å². The van der Waals surface area contributed by atoms with Gasteiger partial charge in [-0.25, -0.2) is 0 Å². The van der Waals surface area contributed by atoms with Crippen LogP contribution in [0.3, 0.4) is 0 Å². The lowest BCUT2D eigenvalue weighted by Gasteiger charge is -2.23. The molecule has 0 fully saturated rings. The van der Waals surface area contributed by atoms with Gasteiger partial charge in [-0.1, -0.05) is 17.7 Å². The van der Waals surface area contributed by atoms with E-state index < -0.39 is 0 Å². The van der Waals surface area contributed by atoms with Crippen molar-refractivity contribution >= 4 is 23.2 Å². The standard InChI is InChI=1S/C16H25N3O2S/c1-10-7-11(2)14(12(3)8-10)21-9-13(20)18-19-15(22)17-16(4,5)6/h7-8H,9H2,1-6H3,(H,18,20)(H2,17,19,22). The van der Waals surface area contributed by atoms with Crippen LogP contribution >= 0.6 is 12.2 Å². The first-order chi connectivity index (χ1) is 10.1. The van der Waals surface area contributed by atoms with Gasteiger partial charge in [0, 0.05) is 5.54 Å². The van der Waals surface area contributed by atoms with Gasteiger partial charge in [0.2, 0.25) is 0 Å². The molecular formula is C16H25N3O2S. The van der Waals surface area contributed by atoms with Gasteiger partial charge in [-0.2, -0.15) is 0 Å². The molecule has 1 amide bonds. The van der Waals surface area contributed by atoms with Gasteiger partial charge in [-0.05, 0) is 64.9 Å². The minimum atomic E-state index is -0.294. The Kier molecular flexibility index (Phi) is 6.17. The molecule has 6 heteroatoms. The fraction of sp³-hybridized carbons (Fsp3) is 0.500. The Labute approximate surface area is 137 Å². The minimum absolute atomic E-state index is 0.0735. The van der Waals surface area contributed by atoms with Gasteiger partial charge in [-0.3, -0.25) is 15.6 Å². The van der Waals surface area contributed by atoms with E-state index in [0.717, 1.165) is 16.9 Å². The van der Waals surface area contributed by atoms with E-state index in [9.17, 15) is 4.79 Å². The van der Waals surface area contributed by atoms with Crippen molar-refractivity contribution in [3.05, 3.63) is 28.8 Å². The van der Waals surface area contributed by atoms with E-state index in [1.165, 1.54) is 5.56 Å². The molecule has 5 nitrogen and oxygen atoms in total. The second-order valence-corrected chi connectivity index (χ2v) is 6.80. The van der Waals surface area contributed by atoms with Crippen LogP contribution in [0.2, 0.25) is 0 Å². The number of amides is 1. The molecule has 0 radical (unpaired) electrons. The summed E-state index contributed by atoms with van der Waals surface area (Å²) in [5.74, 6) is 0.452. The van der Waals surface area contributed by atoms with Crippen molar-refractivity contribution < 1.29 is 9.53 Å². The van der Waals surface area contributed by atoms with E-state index in [2.05, 4.69) is 16.2 Å². The maximum Gasteiger partial charge on any atom is 0.276 e. The highest BCUT2D eigenvalue weighted by Gasteiger charge is 2.12. The van der Waals surface area contributed by atoms with Crippen molar-refractivity contribution in [2.24, 2.45) is 0 Å². The van der Waals surface area contributed by atoms with Crippen LogP contribution in [0.5, 0.6) is 5.75 Å². The topological polar surface area (TPSA) is 62.4 Å². The molecule has 0 saturated carbocycles. The van der Waals surface area contributed by atoms with Crippen LogP contribution < -0.4 is 20.9 Å². The van der Waals surface area contributed by atoms with Gasteiger partial charge in [-0.15, -0.1) is 0 Å². The zero-order chi connectivity index (χ0) is 16.9. The minimum Gasteiger partial charge on any atom is -0.483 e. The summed E-state index contributed by atoms with van der Waals surface area (Å²) >= 11 is 5.08. The maximum absolute atomic E-state index is 11.8. The Morgan fingerprint density at radius 2 is 1.68 bits per heavy atom. The van der Waals surface area contributed by atoms with Gasteiger partial charge >= 0.3 is 0 Å². The summed E-state index contributed by atoms with van der Waals surface area (Å²) < 4.78 is 5.60. The molecule has 0 bridgehead atoms. The fourth-order valence-electron chi connectivity index (χ4n) is 2.07. The number of rotatable bonds is 3. The smallest absolute Gasteiger partial charge is 0.276 e. The van der Waals surface area contributed by atoms with E-state index in [4.69, 9.17) is 17.0 Å². The highest BCUT2D eigenvalue weighted by atomic mass is 32.1. The normalized spacial score (nSPS) is 10.8. The summed E-state index contributed by atoms with van der Waals surface area (Å²) in [6, 6.07) is 4.06. The number of hydrogen-bond acceptors (Lipinski definition) is 3. The van der Waals surface area contributed by atoms with Crippen LogP contribution in [0.15, 0.2) is 12.1 Å². The molecule has 0 heterocycles. The summed E-state index contributed by atoms with van der Waals surface area (Å²) in [4.78, 5) is 11.8. The number of aryl methyl sites for hydroxylation is 3. The number of thiocarbonyl (C=S) groups is 1. The molecule has 1 rings (SSSR count). The molecule has 1 aromatic rings. The lowest BCUT2D eigenvalue weighted by molar-refractivity contribution is -0.123. The van der Waals surface area contributed by atoms with E-state index in [1.54, 1.807) is 0 Å². The van der Waals surface area contributed by atoms with E-state index in [0.29, 0.717) is 5.11 Å². The monoisotopic (exact) mass is 323 g/mol. The van der Waals surface area contributed by atoms with Crippen LogP contribution in [-0.4, -0.2) is 23.2 Å². The average molecular weight is 323 g/mol. The van der Waals surface area contributed by atoms with Gasteiger partial charge in [0.1, 0.15) is 5.75 Å². The molecule has 3 N–H and O–H groups in total. The highest BCUT2D eigenvalue weighted by Crippen LogP contribution is 2.24. The third-order valence-corrected chi connectivity index (χ3v) is 2.96. The van der Waals surface area contributed by atoms with Gasteiger partial charge in [0.05, 0.1) is 0 Å². The largest absolute Gasteiger partial charge is 0.483 e. The fourth-order valence-corrected chi connectivity index (χ4v) is 2.42. The van der Waals surface area contributed by atoms with E-state index >= 15 is 0 Å². The molecule has 0 aromatic heterocycles. The summed E-state index contributed by atoms with van der Waals surface area (Å²) in [5, 5.41) is 3.40. The Bertz CT molecular complexity index is 542. The van der Waals surface area contributed by atoms with Gasteiger partial charge in [0.15, 0.2) is 11.7 Å². The molecular weight excluding hydrogens is 298 g/mol. The van der Waals surface area contributed by atoms with Crippen molar-refractivity contribution in [1.29, 1.82) is 0 Å². The Hall–Kier alpha value is -1.82. The second-order valence-electron chi connectivity index (χ2n) is 6.39. The van der Waals surface area contributed by atoms with Crippen LogP contribution in [0.25, 0.3) is 0 Å². The van der Waals surface area contributed by atoms with Crippen molar-refractivity contribution in [2.45, 2.75) is 47.1 Å². The van der Waals surface area contributed by atoms with Crippen molar-refractivity contribution in [1.82, 2.24) is 16.2 Å². The van der Waals surface area contributed by atoms with E-state index in [-0.39, 0.29) is 18.1 Å². The predicted octanol–water partition coefficient (Wildman–Crippen LogP) is 2.28. The Morgan fingerprint density at radius 3 is 2.18 bits per heavy atom. The lowest BCUT2D eigenvalue weighted by Crippen LogP contribution is -2.53. The SMILES string of the molecule is Cc1cc(C)c(OCC(=O)NNC(=S)NC(C)(C)C)c(C)c1. The van der Waals surface area contributed by atoms with E-state index in [1.807, 2.05) is 53.7 Å². The van der Waals surface area contributed by atoms with Crippen LogP contribution in [0, 0.1) is 20.8 Å². The zero-order valence-electron chi connectivity index (χ0n) is 14.1. The van der Waals surface area contributed by atoms with Crippen LogP contribution in [0.4, 0.5) is 0 Å². The third kappa shape index (κ3) is 6.30. The lowest BCUT2D eigenvalue weighted by atomic mass is 10.1. The molecule has 1 aromatic carbocycles. The Morgan fingerprint density at radius 1 is 1.14 bits per heavy atom. The number of hydrogen-bond donors (Lipinski definition) is 3. The molecule has 0 saturated heterocycles. The molecule has 122 valence electrons. The number of benzene rings is 1. The zero-order valence-corrected chi connectivity index (χ0v) is 14.9. The summed E-state index contributed by atoms with van der Waals surface area (Å²) in [5.41, 5.74) is 8.20. The third-order valence-electron chi connectivity index (χ3n) is 2.76. The molecule has 0 aliphatic heterocycles. The number of hydrazine groups is 1. The summed E-state index contributed by atoms with van der Waals surface area (Å²) in [6.07, 6.45) is 0. The number of carbonyl (C=O) groups is 1. The number of ether oxygens (including phenoxy) is 1. The van der Waals surface area contributed by atoms with Crippen LogP contribution in [-0.2, 0) is 4.79 Å². The number of nitrogens with one attached hydrogen (secondary N) is 3. The maximum atomic E-state index is 11.8. The molecule has 0 spiro atoms. The molecule has 0 aliphatic carbocycles. The van der Waals surface area contributed by atoms with Crippen molar-refractivity contribution in [3.63, 3.8) is 0 Å². The average Bonchev–Trinajstić information content (AvgIpc) is 2.32. The second kappa shape index (κ2) is 7.45. The molecule has 0 atom stereocenters. The molecule has 22 heavy (non-hydrogen) atoms. The van der Waals surface area contributed by atoms with Crippen LogP contribution in [0.1, 0.15) is 37.5 Å². The molecule has 0 unspecified atom stereocenters. The molecule has 0 aliphatic rings. The first kappa shape index (κ1) is 18.2. The first-order valence-electron chi connectivity index (χ1n) is 7.16. The van der Waals surface area contributed by atoms with Gasteiger partial charge in [0.25, 0.3) is 5.91 Å². The number of carbonyl (C=O) groups excluding carboxylic acids is 1. The predicted molar refractivity (Wildman–Crippen MR) is 92.9 cm³/mol. The highest BCUT2D eigenvalue weighted by molar-refractivity contribution is 7.80. The summed E-state index contributed by atoms with van der Waals surface area (Å²) in [6.45, 7) is 11.8. The quantitative estimate of drug-likeness (QED) is 0.588. The van der Waals surface area contributed by atoms with Gasteiger partial charge < -0.3 is 10.1 Å².